The third kappa shape index (κ3) is 1.04. The van der Waals surface area contributed by atoms with Gasteiger partial charge in [-0.25, -0.2) is 0 Å². The van der Waals surface area contributed by atoms with Crippen molar-refractivity contribution in [3.63, 3.8) is 0 Å². The Morgan fingerprint density at radius 2 is 2.00 bits per heavy atom. The molecule has 3 unspecified atom stereocenters. The molecule has 1 aliphatic carbocycles. The molecule has 0 aromatic heterocycles. The molecule has 0 nitrogen and oxygen atoms in total. The van der Waals surface area contributed by atoms with Crippen molar-refractivity contribution in [1.82, 2.24) is 0 Å². The van der Waals surface area contributed by atoms with E-state index in [9.17, 15) is 0 Å². The summed E-state index contributed by atoms with van der Waals surface area (Å²) >= 11 is 0. The fraction of sp³-hybridized carbons (Fsp3) is 0.833. The first-order valence-electron chi connectivity index (χ1n) is 5.04. The highest BCUT2D eigenvalue weighted by molar-refractivity contribution is 5.25. The lowest BCUT2D eigenvalue weighted by molar-refractivity contribution is 0.291. The van der Waals surface area contributed by atoms with Gasteiger partial charge < -0.3 is 0 Å². The summed E-state index contributed by atoms with van der Waals surface area (Å²) in [5.41, 5.74) is 2.33. The van der Waals surface area contributed by atoms with Crippen LogP contribution in [0.4, 0.5) is 0 Å². The highest BCUT2D eigenvalue weighted by Gasteiger charge is 2.62. The van der Waals surface area contributed by atoms with Gasteiger partial charge in [0.1, 0.15) is 0 Å². The predicted octanol–water partition coefficient (Wildman–Crippen LogP) is 4.02. The Kier molecular flexibility index (Phi) is 2.14. The normalized spacial score (nSPS) is 42.4. The van der Waals surface area contributed by atoms with Crippen molar-refractivity contribution in [3.05, 3.63) is 12.2 Å². The fourth-order valence-corrected chi connectivity index (χ4v) is 2.50. The summed E-state index contributed by atoms with van der Waals surface area (Å²) in [7, 11) is 0. The predicted molar refractivity (Wildman–Crippen MR) is 55.1 cm³/mol. The average molecular weight is 166 g/mol. The zero-order chi connectivity index (χ0) is 9.57. The third-order valence-electron chi connectivity index (χ3n) is 4.50. The third-order valence-corrected chi connectivity index (χ3v) is 4.50. The standard InChI is InChI=1S/C12H22/c1-7-10(4)12(6)8-11(12,5)9(2)3/h10H,2,7-8H2,1,3-6H3. The second-order valence-corrected chi connectivity index (χ2v) is 5.02. The molecule has 0 heteroatoms. The van der Waals surface area contributed by atoms with E-state index < -0.39 is 0 Å². The van der Waals surface area contributed by atoms with Crippen LogP contribution in [0.3, 0.4) is 0 Å². The van der Waals surface area contributed by atoms with Crippen LogP contribution in [0.15, 0.2) is 12.2 Å². The second-order valence-electron chi connectivity index (χ2n) is 5.02. The molecule has 1 saturated carbocycles. The molecule has 0 heterocycles. The molecule has 1 rings (SSSR count). The summed E-state index contributed by atoms with van der Waals surface area (Å²) < 4.78 is 0. The SMILES string of the molecule is C=C(C)C1(C)CC1(C)C(C)CC. The Labute approximate surface area is 77.1 Å². The molecule has 0 radical (unpaired) electrons. The number of allylic oxidation sites excluding steroid dienone is 1. The molecule has 0 saturated heterocycles. The first-order valence-corrected chi connectivity index (χ1v) is 5.04. The van der Waals surface area contributed by atoms with Crippen molar-refractivity contribution in [2.45, 2.75) is 47.5 Å². The summed E-state index contributed by atoms with van der Waals surface area (Å²) in [5.74, 6) is 0.833. The highest BCUT2D eigenvalue weighted by atomic mass is 14.7. The summed E-state index contributed by atoms with van der Waals surface area (Å²) in [6.45, 7) is 15.7. The van der Waals surface area contributed by atoms with Crippen LogP contribution in [0, 0.1) is 16.7 Å². The van der Waals surface area contributed by atoms with E-state index >= 15 is 0 Å². The molecule has 70 valence electrons. The Hall–Kier alpha value is -0.260. The topological polar surface area (TPSA) is 0 Å². The summed E-state index contributed by atoms with van der Waals surface area (Å²) in [6.07, 6.45) is 2.63. The van der Waals surface area contributed by atoms with Gasteiger partial charge in [-0.15, -0.1) is 0 Å². The van der Waals surface area contributed by atoms with Crippen LogP contribution < -0.4 is 0 Å². The van der Waals surface area contributed by atoms with Gasteiger partial charge >= 0.3 is 0 Å². The van der Waals surface area contributed by atoms with E-state index in [4.69, 9.17) is 0 Å². The summed E-state index contributed by atoms with van der Waals surface area (Å²) in [5, 5.41) is 0. The molecule has 0 aromatic carbocycles. The van der Waals surface area contributed by atoms with Gasteiger partial charge in [0.25, 0.3) is 0 Å². The van der Waals surface area contributed by atoms with Gasteiger partial charge in [0.15, 0.2) is 0 Å². The van der Waals surface area contributed by atoms with E-state index in [0.29, 0.717) is 10.8 Å². The van der Waals surface area contributed by atoms with Gasteiger partial charge in [-0.05, 0) is 30.1 Å². The van der Waals surface area contributed by atoms with Crippen LogP contribution >= 0.6 is 0 Å². The van der Waals surface area contributed by atoms with Crippen molar-refractivity contribution in [2.75, 3.05) is 0 Å². The van der Waals surface area contributed by atoms with Crippen LogP contribution in [0.2, 0.25) is 0 Å². The van der Waals surface area contributed by atoms with Gasteiger partial charge in [0, 0.05) is 0 Å². The largest absolute Gasteiger partial charge is 0.0996 e. The van der Waals surface area contributed by atoms with Crippen LogP contribution in [-0.2, 0) is 0 Å². The minimum atomic E-state index is 0.433. The minimum Gasteiger partial charge on any atom is -0.0996 e. The van der Waals surface area contributed by atoms with E-state index in [1.165, 1.54) is 18.4 Å². The van der Waals surface area contributed by atoms with Crippen LogP contribution in [0.5, 0.6) is 0 Å². The van der Waals surface area contributed by atoms with Gasteiger partial charge in [0.2, 0.25) is 0 Å². The van der Waals surface area contributed by atoms with Crippen molar-refractivity contribution >= 4 is 0 Å². The smallest absolute Gasteiger partial charge is 0.00596 e. The minimum absolute atomic E-state index is 0.433. The molecule has 1 aliphatic rings. The number of hydrogen-bond acceptors (Lipinski definition) is 0. The van der Waals surface area contributed by atoms with E-state index in [1.807, 2.05) is 0 Å². The van der Waals surface area contributed by atoms with Crippen molar-refractivity contribution in [1.29, 1.82) is 0 Å². The van der Waals surface area contributed by atoms with Crippen LogP contribution in [0.1, 0.15) is 47.5 Å². The molecule has 3 atom stereocenters. The quantitative estimate of drug-likeness (QED) is 0.555. The van der Waals surface area contributed by atoms with E-state index in [-0.39, 0.29) is 0 Å². The van der Waals surface area contributed by atoms with Crippen molar-refractivity contribution in [3.8, 4) is 0 Å². The highest BCUT2D eigenvalue weighted by Crippen LogP contribution is 2.70. The average Bonchev–Trinajstić information content (AvgIpc) is 2.56. The molecule has 1 fully saturated rings. The lowest BCUT2D eigenvalue weighted by Gasteiger charge is -2.24. The Morgan fingerprint density at radius 1 is 1.50 bits per heavy atom. The summed E-state index contributed by atoms with van der Waals surface area (Å²) in [6, 6.07) is 0. The van der Waals surface area contributed by atoms with Gasteiger partial charge in [0.05, 0.1) is 0 Å². The number of hydrogen-bond donors (Lipinski definition) is 0. The van der Waals surface area contributed by atoms with Gasteiger partial charge in [-0.3, -0.25) is 0 Å². The molecule has 0 aromatic rings. The Balaban J connectivity index is 2.76. The molecule has 12 heavy (non-hydrogen) atoms. The first-order chi connectivity index (χ1) is 5.38. The first kappa shape index (κ1) is 9.83. The maximum atomic E-state index is 4.10. The zero-order valence-electron chi connectivity index (χ0n) is 9.20. The zero-order valence-corrected chi connectivity index (χ0v) is 9.20. The van der Waals surface area contributed by atoms with Crippen molar-refractivity contribution < 1.29 is 0 Å². The monoisotopic (exact) mass is 166 g/mol. The molecule has 0 amide bonds. The van der Waals surface area contributed by atoms with E-state index in [0.717, 1.165) is 5.92 Å². The van der Waals surface area contributed by atoms with Gasteiger partial charge in [-0.1, -0.05) is 46.3 Å². The van der Waals surface area contributed by atoms with E-state index in [2.05, 4.69) is 41.2 Å². The molecule has 0 spiro atoms. The molecule has 0 bridgehead atoms. The fourth-order valence-electron chi connectivity index (χ4n) is 2.50. The lowest BCUT2D eigenvalue weighted by Crippen LogP contribution is -2.16. The van der Waals surface area contributed by atoms with E-state index in [1.54, 1.807) is 0 Å². The Morgan fingerprint density at radius 3 is 2.25 bits per heavy atom. The van der Waals surface area contributed by atoms with Crippen molar-refractivity contribution in [2.24, 2.45) is 16.7 Å². The van der Waals surface area contributed by atoms with Crippen LogP contribution in [-0.4, -0.2) is 0 Å². The maximum absolute atomic E-state index is 4.10. The Bertz CT molecular complexity index is 204. The number of rotatable bonds is 3. The molecular weight excluding hydrogens is 144 g/mol. The lowest BCUT2D eigenvalue weighted by atomic mass is 9.80. The van der Waals surface area contributed by atoms with Crippen LogP contribution in [0.25, 0.3) is 0 Å². The second kappa shape index (κ2) is 2.61. The maximum Gasteiger partial charge on any atom is -0.00596 e. The molecular formula is C12H22. The summed E-state index contributed by atoms with van der Waals surface area (Å²) in [4.78, 5) is 0. The van der Waals surface area contributed by atoms with Gasteiger partial charge in [-0.2, -0.15) is 0 Å². The molecule has 0 aliphatic heterocycles. The molecule has 0 N–H and O–H groups in total.